The summed E-state index contributed by atoms with van der Waals surface area (Å²) in [4.78, 5) is 17.6. The van der Waals surface area contributed by atoms with Gasteiger partial charge in [0.05, 0.1) is 29.0 Å². The summed E-state index contributed by atoms with van der Waals surface area (Å²) >= 11 is 0. The lowest BCUT2D eigenvalue weighted by Gasteiger charge is -2.23. The quantitative estimate of drug-likeness (QED) is 0.159. The van der Waals surface area contributed by atoms with Crippen LogP contribution >= 0.6 is 0 Å². The van der Waals surface area contributed by atoms with Crippen molar-refractivity contribution in [2.75, 3.05) is 13.1 Å². The largest absolute Gasteiger partial charge is 0.317 e. The van der Waals surface area contributed by atoms with Crippen LogP contribution in [0.2, 0.25) is 0 Å². The van der Waals surface area contributed by atoms with Crippen molar-refractivity contribution in [2.45, 2.75) is 97.6 Å². The van der Waals surface area contributed by atoms with Gasteiger partial charge in [-0.15, -0.1) is 0 Å². The Morgan fingerprint density at radius 2 is 1.47 bits per heavy atom. The van der Waals surface area contributed by atoms with Crippen LogP contribution in [0, 0.1) is 10.1 Å². The molecule has 2 rings (SSSR count). The van der Waals surface area contributed by atoms with Crippen LogP contribution in [0.1, 0.15) is 90.9 Å². The van der Waals surface area contributed by atoms with E-state index in [1.54, 1.807) is 12.1 Å². The number of nitrogens with zero attached hydrogens (tertiary/aromatic N) is 4. The van der Waals surface area contributed by atoms with Gasteiger partial charge in [0.2, 0.25) is 0 Å². The molecule has 30 heavy (non-hydrogen) atoms. The number of imidazole rings is 1. The second-order valence-corrected chi connectivity index (χ2v) is 8.44. The van der Waals surface area contributed by atoms with Gasteiger partial charge < -0.3 is 4.57 Å². The van der Waals surface area contributed by atoms with Crippen molar-refractivity contribution in [3.8, 4) is 0 Å². The summed E-state index contributed by atoms with van der Waals surface area (Å²) in [6.45, 7) is 7.53. The predicted molar refractivity (Wildman–Crippen MR) is 125 cm³/mol. The normalized spacial score (nSPS) is 11.6. The molecule has 0 aliphatic carbocycles. The van der Waals surface area contributed by atoms with E-state index < -0.39 is 0 Å². The van der Waals surface area contributed by atoms with Crippen LogP contribution in [0.5, 0.6) is 0 Å². The number of nitro benzene ring substituents is 1. The SMILES string of the molecule is CCCCCCCCN(CCCCCCCC)Cn1cnc2cc([N+](=O)[O-])ccc21. The minimum absolute atomic E-state index is 0.101. The molecule has 168 valence electrons. The molecule has 0 N–H and O–H groups in total. The third-order valence-electron chi connectivity index (χ3n) is 5.82. The molecule has 0 aliphatic heterocycles. The molecule has 0 saturated carbocycles. The molecule has 6 nitrogen and oxygen atoms in total. The Kier molecular flexibility index (Phi) is 11.5. The van der Waals surface area contributed by atoms with Gasteiger partial charge >= 0.3 is 0 Å². The van der Waals surface area contributed by atoms with Gasteiger partial charge in [-0.25, -0.2) is 4.98 Å². The fourth-order valence-electron chi connectivity index (χ4n) is 3.98. The zero-order valence-electron chi connectivity index (χ0n) is 19.0. The standard InChI is InChI=1S/C24H40N4O2/c1-3-5-7-9-11-13-17-26(18-14-12-10-8-6-4-2)21-27-20-25-23-19-22(28(29)30)15-16-24(23)27/h15-16,19-20H,3-14,17-18,21H2,1-2H3. The Labute approximate surface area is 181 Å². The Morgan fingerprint density at radius 3 is 2.03 bits per heavy atom. The Morgan fingerprint density at radius 1 is 0.900 bits per heavy atom. The van der Waals surface area contributed by atoms with Crippen molar-refractivity contribution in [2.24, 2.45) is 0 Å². The van der Waals surface area contributed by atoms with Crippen molar-refractivity contribution in [1.82, 2.24) is 14.5 Å². The molecule has 0 aliphatic rings. The lowest BCUT2D eigenvalue weighted by Crippen LogP contribution is -2.28. The summed E-state index contributed by atoms with van der Waals surface area (Å²) in [6.07, 6.45) is 17.5. The highest BCUT2D eigenvalue weighted by atomic mass is 16.6. The van der Waals surface area contributed by atoms with Crippen LogP contribution in [0.3, 0.4) is 0 Å². The molecule has 0 radical (unpaired) electrons. The summed E-state index contributed by atoms with van der Waals surface area (Å²) in [5.74, 6) is 0. The first-order valence-corrected chi connectivity index (χ1v) is 12.0. The zero-order chi connectivity index (χ0) is 21.6. The monoisotopic (exact) mass is 416 g/mol. The Hall–Kier alpha value is -1.95. The van der Waals surface area contributed by atoms with E-state index in [0.29, 0.717) is 5.52 Å². The molecule has 0 bridgehead atoms. The van der Waals surface area contributed by atoms with Gasteiger partial charge in [-0.2, -0.15) is 0 Å². The smallest absolute Gasteiger partial charge is 0.271 e. The van der Waals surface area contributed by atoms with E-state index in [1.807, 2.05) is 12.4 Å². The molecule has 0 amide bonds. The summed E-state index contributed by atoms with van der Waals surface area (Å²) in [5, 5.41) is 11.0. The third-order valence-corrected chi connectivity index (χ3v) is 5.82. The van der Waals surface area contributed by atoms with Crippen LogP contribution in [0.25, 0.3) is 11.0 Å². The van der Waals surface area contributed by atoms with E-state index in [1.165, 1.54) is 77.0 Å². The lowest BCUT2D eigenvalue weighted by molar-refractivity contribution is -0.384. The fourth-order valence-corrected chi connectivity index (χ4v) is 3.98. The minimum Gasteiger partial charge on any atom is -0.317 e. The molecule has 6 heteroatoms. The average molecular weight is 417 g/mol. The van der Waals surface area contributed by atoms with Crippen LogP contribution in [0.4, 0.5) is 5.69 Å². The van der Waals surface area contributed by atoms with Crippen LogP contribution in [-0.2, 0) is 6.67 Å². The highest BCUT2D eigenvalue weighted by Crippen LogP contribution is 2.20. The van der Waals surface area contributed by atoms with Crippen molar-refractivity contribution in [1.29, 1.82) is 0 Å². The number of aromatic nitrogens is 2. The topological polar surface area (TPSA) is 64.2 Å². The minimum atomic E-state index is -0.359. The summed E-state index contributed by atoms with van der Waals surface area (Å²) < 4.78 is 2.13. The van der Waals surface area contributed by atoms with Crippen molar-refractivity contribution >= 4 is 16.7 Å². The Balaban J connectivity index is 1.91. The molecular formula is C24H40N4O2. The highest BCUT2D eigenvalue weighted by molar-refractivity contribution is 5.77. The van der Waals surface area contributed by atoms with E-state index in [0.717, 1.165) is 25.3 Å². The predicted octanol–water partition coefficient (Wildman–Crippen LogP) is 6.93. The van der Waals surface area contributed by atoms with Gasteiger partial charge in [0, 0.05) is 12.1 Å². The number of hydrogen-bond donors (Lipinski definition) is 0. The number of non-ortho nitro benzene ring substituents is 1. The van der Waals surface area contributed by atoms with Gasteiger partial charge in [-0.05, 0) is 32.0 Å². The van der Waals surface area contributed by atoms with Crippen LogP contribution in [-0.4, -0.2) is 32.5 Å². The van der Waals surface area contributed by atoms with E-state index in [2.05, 4.69) is 28.3 Å². The van der Waals surface area contributed by atoms with E-state index in [-0.39, 0.29) is 10.6 Å². The van der Waals surface area contributed by atoms with Crippen LogP contribution < -0.4 is 0 Å². The number of rotatable bonds is 17. The number of fused-ring (bicyclic) bond motifs is 1. The molecule has 0 saturated heterocycles. The van der Waals surface area contributed by atoms with Crippen molar-refractivity contribution in [3.05, 3.63) is 34.6 Å². The van der Waals surface area contributed by atoms with E-state index >= 15 is 0 Å². The first kappa shape index (κ1) is 24.3. The van der Waals surface area contributed by atoms with Gasteiger partial charge in [0.1, 0.15) is 0 Å². The fraction of sp³-hybridized carbons (Fsp3) is 0.708. The van der Waals surface area contributed by atoms with Crippen molar-refractivity contribution < 1.29 is 4.92 Å². The van der Waals surface area contributed by atoms with Gasteiger partial charge in [-0.1, -0.05) is 78.1 Å². The molecule has 0 atom stereocenters. The zero-order valence-corrected chi connectivity index (χ0v) is 19.0. The van der Waals surface area contributed by atoms with Crippen LogP contribution in [0.15, 0.2) is 24.5 Å². The Bertz CT molecular complexity index is 728. The first-order chi connectivity index (χ1) is 14.7. The lowest BCUT2D eigenvalue weighted by atomic mass is 10.1. The molecule has 1 heterocycles. The summed E-state index contributed by atoms with van der Waals surface area (Å²) in [7, 11) is 0. The maximum Gasteiger partial charge on any atom is 0.271 e. The van der Waals surface area contributed by atoms with E-state index in [9.17, 15) is 10.1 Å². The second-order valence-electron chi connectivity index (χ2n) is 8.44. The average Bonchev–Trinajstić information content (AvgIpc) is 3.14. The number of unbranched alkanes of at least 4 members (excludes halogenated alkanes) is 10. The first-order valence-electron chi connectivity index (χ1n) is 12.0. The van der Waals surface area contributed by atoms with Gasteiger partial charge in [-0.3, -0.25) is 15.0 Å². The maximum absolute atomic E-state index is 11.0. The van der Waals surface area contributed by atoms with Gasteiger partial charge in [0.25, 0.3) is 5.69 Å². The highest BCUT2D eigenvalue weighted by Gasteiger charge is 2.12. The number of hydrogen-bond acceptors (Lipinski definition) is 4. The summed E-state index contributed by atoms with van der Waals surface area (Å²) in [5.41, 5.74) is 1.77. The molecule has 1 aromatic carbocycles. The molecule has 0 spiro atoms. The molecule has 1 aromatic heterocycles. The number of benzene rings is 1. The molecule has 0 fully saturated rings. The molecule has 2 aromatic rings. The summed E-state index contributed by atoms with van der Waals surface area (Å²) in [6, 6.07) is 4.97. The second kappa shape index (κ2) is 14.1. The van der Waals surface area contributed by atoms with Gasteiger partial charge in [0.15, 0.2) is 0 Å². The molecular weight excluding hydrogens is 376 g/mol. The maximum atomic E-state index is 11.0. The molecule has 0 unspecified atom stereocenters. The van der Waals surface area contributed by atoms with Crippen molar-refractivity contribution in [3.63, 3.8) is 0 Å². The number of nitro groups is 1. The van der Waals surface area contributed by atoms with E-state index in [4.69, 9.17) is 0 Å². The third kappa shape index (κ3) is 8.42.